The van der Waals surface area contributed by atoms with Crippen molar-refractivity contribution in [2.75, 3.05) is 34.3 Å². The van der Waals surface area contributed by atoms with Gasteiger partial charge in [0.05, 0.1) is 7.11 Å². The first-order valence-corrected chi connectivity index (χ1v) is 8.77. The molecule has 1 fully saturated rings. The topological polar surface area (TPSA) is 32.8 Å². The van der Waals surface area contributed by atoms with Gasteiger partial charge in [-0.3, -0.25) is 4.79 Å². The lowest BCUT2D eigenvalue weighted by Crippen LogP contribution is -2.38. The third kappa shape index (κ3) is 3.80. The summed E-state index contributed by atoms with van der Waals surface area (Å²) >= 11 is 6.11. The highest BCUT2D eigenvalue weighted by molar-refractivity contribution is 6.31. The molecular weight excluding hydrogens is 336 g/mol. The number of benzene rings is 2. The minimum atomic E-state index is 0.0601. The van der Waals surface area contributed by atoms with E-state index >= 15 is 0 Å². The van der Waals surface area contributed by atoms with Crippen LogP contribution in [-0.4, -0.2) is 56.0 Å². The number of rotatable bonds is 4. The highest BCUT2D eigenvalue weighted by Gasteiger charge is 2.26. The molecule has 1 atom stereocenters. The van der Waals surface area contributed by atoms with Gasteiger partial charge in [-0.05, 0) is 55.9 Å². The zero-order valence-corrected chi connectivity index (χ0v) is 15.6. The molecule has 0 aromatic heterocycles. The molecule has 1 aliphatic rings. The van der Waals surface area contributed by atoms with Gasteiger partial charge in [-0.25, -0.2) is 0 Å². The first-order chi connectivity index (χ1) is 12.0. The minimum absolute atomic E-state index is 0.0601. The molecule has 2 aromatic rings. The quantitative estimate of drug-likeness (QED) is 0.833. The molecule has 2 aromatic carbocycles. The SMILES string of the molecule is COc1ccc(Cl)cc1-c1ccc(C(=O)N(C)[C@H]2CCN(C)C2)cc1. The van der Waals surface area contributed by atoms with Gasteiger partial charge in [0.25, 0.3) is 5.91 Å². The van der Waals surface area contributed by atoms with E-state index in [1.54, 1.807) is 13.2 Å². The van der Waals surface area contributed by atoms with Crippen LogP contribution in [0.15, 0.2) is 42.5 Å². The molecule has 4 nitrogen and oxygen atoms in total. The fourth-order valence-corrected chi connectivity index (χ4v) is 3.47. The fraction of sp³-hybridized carbons (Fsp3) is 0.350. The number of hydrogen-bond donors (Lipinski definition) is 0. The lowest BCUT2D eigenvalue weighted by molar-refractivity contribution is 0.0737. The van der Waals surface area contributed by atoms with Crippen molar-refractivity contribution in [3.05, 3.63) is 53.1 Å². The molecule has 1 heterocycles. The first-order valence-electron chi connectivity index (χ1n) is 8.39. The number of carbonyl (C=O) groups excluding carboxylic acids is 1. The summed E-state index contributed by atoms with van der Waals surface area (Å²) in [5, 5.41) is 0.654. The minimum Gasteiger partial charge on any atom is -0.496 e. The van der Waals surface area contributed by atoms with Gasteiger partial charge in [-0.15, -0.1) is 0 Å². The molecule has 0 spiro atoms. The van der Waals surface area contributed by atoms with E-state index in [9.17, 15) is 4.79 Å². The average molecular weight is 359 g/mol. The smallest absolute Gasteiger partial charge is 0.253 e. The number of likely N-dealkylation sites (N-methyl/N-ethyl adjacent to an activating group) is 2. The Balaban J connectivity index is 1.80. The standard InChI is InChI=1S/C20H23ClN2O2/c1-22-11-10-17(13-22)23(2)20(24)15-6-4-14(5-7-15)18-12-16(21)8-9-19(18)25-3/h4-9,12,17H,10-11,13H2,1-3H3/t17-/m0/s1. The maximum absolute atomic E-state index is 12.7. The molecule has 0 unspecified atom stereocenters. The van der Waals surface area contributed by atoms with Crippen molar-refractivity contribution in [2.45, 2.75) is 12.5 Å². The Bertz CT molecular complexity index is 761. The lowest BCUT2D eigenvalue weighted by atomic mass is 10.0. The Morgan fingerprint density at radius 2 is 1.96 bits per heavy atom. The highest BCUT2D eigenvalue weighted by Crippen LogP contribution is 2.32. The fourth-order valence-electron chi connectivity index (χ4n) is 3.30. The van der Waals surface area contributed by atoms with Gasteiger partial charge >= 0.3 is 0 Å². The highest BCUT2D eigenvalue weighted by atomic mass is 35.5. The van der Waals surface area contributed by atoms with Crippen LogP contribution < -0.4 is 4.74 Å². The van der Waals surface area contributed by atoms with E-state index in [2.05, 4.69) is 11.9 Å². The van der Waals surface area contributed by atoms with Crippen LogP contribution in [-0.2, 0) is 0 Å². The van der Waals surface area contributed by atoms with Crippen LogP contribution in [0.2, 0.25) is 5.02 Å². The summed E-state index contributed by atoms with van der Waals surface area (Å²) in [6.45, 7) is 1.97. The number of likely N-dealkylation sites (tertiary alicyclic amines) is 1. The van der Waals surface area contributed by atoms with Crippen molar-refractivity contribution in [3.63, 3.8) is 0 Å². The van der Waals surface area contributed by atoms with Gasteiger partial charge in [-0.2, -0.15) is 0 Å². The van der Waals surface area contributed by atoms with E-state index in [-0.39, 0.29) is 11.9 Å². The van der Waals surface area contributed by atoms with Crippen molar-refractivity contribution in [1.82, 2.24) is 9.80 Å². The summed E-state index contributed by atoms with van der Waals surface area (Å²) < 4.78 is 5.41. The lowest BCUT2D eigenvalue weighted by Gasteiger charge is -2.24. The Labute approximate surface area is 154 Å². The molecule has 0 N–H and O–H groups in total. The van der Waals surface area contributed by atoms with E-state index in [1.165, 1.54) is 0 Å². The molecule has 5 heteroatoms. The van der Waals surface area contributed by atoms with Gasteiger partial charge in [0, 0.05) is 35.8 Å². The molecule has 3 rings (SSSR count). The number of amides is 1. The maximum atomic E-state index is 12.7. The maximum Gasteiger partial charge on any atom is 0.253 e. The molecule has 1 aliphatic heterocycles. The largest absolute Gasteiger partial charge is 0.496 e. The summed E-state index contributed by atoms with van der Waals surface area (Å²) in [5.74, 6) is 0.819. The van der Waals surface area contributed by atoms with Crippen molar-refractivity contribution < 1.29 is 9.53 Å². The Morgan fingerprint density at radius 1 is 1.24 bits per heavy atom. The predicted molar refractivity (Wildman–Crippen MR) is 101 cm³/mol. The van der Waals surface area contributed by atoms with Gasteiger partial charge in [0.2, 0.25) is 0 Å². The van der Waals surface area contributed by atoms with Crippen molar-refractivity contribution in [1.29, 1.82) is 0 Å². The van der Waals surface area contributed by atoms with Crippen LogP contribution in [0, 0.1) is 0 Å². The number of nitrogens with zero attached hydrogens (tertiary/aromatic N) is 2. The number of hydrogen-bond acceptors (Lipinski definition) is 3. The van der Waals surface area contributed by atoms with Crippen LogP contribution in [0.25, 0.3) is 11.1 Å². The third-order valence-corrected chi connectivity index (χ3v) is 5.07. The summed E-state index contributed by atoms with van der Waals surface area (Å²) in [6.07, 6.45) is 1.02. The predicted octanol–water partition coefficient (Wildman–Crippen LogP) is 3.79. The molecule has 0 saturated carbocycles. The zero-order chi connectivity index (χ0) is 18.0. The second kappa shape index (κ2) is 7.46. The monoisotopic (exact) mass is 358 g/mol. The zero-order valence-electron chi connectivity index (χ0n) is 14.8. The summed E-state index contributed by atoms with van der Waals surface area (Å²) in [7, 11) is 5.61. The second-order valence-corrected chi connectivity index (χ2v) is 6.98. The number of ether oxygens (including phenoxy) is 1. The van der Waals surface area contributed by atoms with Gasteiger partial charge in [0.15, 0.2) is 0 Å². The summed E-state index contributed by atoms with van der Waals surface area (Å²) in [6, 6.07) is 13.4. The normalized spacial score (nSPS) is 17.5. The van der Waals surface area contributed by atoms with Crippen molar-refractivity contribution in [2.24, 2.45) is 0 Å². The molecule has 1 amide bonds. The number of methoxy groups -OCH3 is 1. The van der Waals surface area contributed by atoms with Crippen molar-refractivity contribution in [3.8, 4) is 16.9 Å². The van der Waals surface area contributed by atoms with E-state index in [1.807, 2.05) is 48.3 Å². The molecule has 0 aliphatic carbocycles. The van der Waals surface area contributed by atoms with Gasteiger partial charge < -0.3 is 14.5 Å². The van der Waals surface area contributed by atoms with E-state index in [4.69, 9.17) is 16.3 Å². The number of carbonyl (C=O) groups is 1. The Hall–Kier alpha value is -2.04. The molecule has 0 bridgehead atoms. The van der Waals surface area contributed by atoms with Crippen LogP contribution in [0.4, 0.5) is 0 Å². The molecule has 132 valence electrons. The summed E-state index contributed by atoms with van der Waals surface area (Å²) in [4.78, 5) is 16.8. The number of halogens is 1. The van der Waals surface area contributed by atoms with Crippen LogP contribution >= 0.6 is 11.6 Å². The van der Waals surface area contributed by atoms with Gasteiger partial charge in [0.1, 0.15) is 5.75 Å². The first kappa shape index (κ1) is 17.8. The second-order valence-electron chi connectivity index (χ2n) is 6.54. The molecule has 0 radical (unpaired) electrons. The molecule has 25 heavy (non-hydrogen) atoms. The Kier molecular flexibility index (Phi) is 5.30. The van der Waals surface area contributed by atoms with E-state index < -0.39 is 0 Å². The van der Waals surface area contributed by atoms with E-state index in [0.29, 0.717) is 10.6 Å². The van der Waals surface area contributed by atoms with Crippen LogP contribution in [0.5, 0.6) is 5.75 Å². The van der Waals surface area contributed by atoms with Crippen LogP contribution in [0.3, 0.4) is 0 Å². The Morgan fingerprint density at radius 3 is 2.56 bits per heavy atom. The average Bonchev–Trinajstić information content (AvgIpc) is 3.07. The third-order valence-electron chi connectivity index (χ3n) is 4.84. The summed E-state index contributed by atoms with van der Waals surface area (Å²) in [5.41, 5.74) is 2.58. The molecular formula is C20H23ClN2O2. The van der Waals surface area contributed by atoms with Crippen molar-refractivity contribution >= 4 is 17.5 Å². The van der Waals surface area contributed by atoms with Gasteiger partial charge in [-0.1, -0.05) is 23.7 Å². The van der Waals surface area contributed by atoms with Crippen LogP contribution in [0.1, 0.15) is 16.8 Å². The molecule has 1 saturated heterocycles. The van der Waals surface area contributed by atoms with E-state index in [0.717, 1.165) is 36.4 Å².